The summed E-state index contributed by atoms with van der Waals surface area (Å²) < 4.78 is 0. The molecule has 3 aromatic carbocycles. The number of carbonyl (C=O) groups is 3. The fourth-order valence-corrected chi connectivity index (χ4v) is 7.06. The number of fused-ring (bicyclic) bond motifs is 2. The molecule has 0 radical (unpaired) electrons. The largest absolute Gasteiger partial charge is 0.345 e. The molecule has 5 rings (SSSR count). The number of likely N-dealkylation sites (tertiary alicyclic amines) is 1. The van der Waals surface area contributed by atoms with Gasteiger partial charge in [-0.05, 0) is 64.8 Å². The van der Waals surface area contributed by atoms with Gasteiger partial charge >= 0.3 is 0 Å². The van der Waals surface area contributed by atoms with Gasteiger partial charge in [-0.1, -0.05) is 82.6 Å². The number of carbonyl (C=O) groups excluding carboxylic acids is 3. The van der Waals surface area contributed by atoms with Gasteiger partial charge < -0.3 is 9.80 Å². The molecule has 3 amide bonds. The molecule has 2 aliphatic rings. The van der Waals surface area contributed by atoms with Crippen molar-refractivity contribution in [3.63, 3.8) is 0 Å². The lowest BCUT2D eigenvalue weighted by Gasteiger charge is -2.38. The highest BCUT2D eigenvalue weighted by Gasteiger charge is 2.62. The lowest BCUT2D eigenvalue weighted by atomic mass is 9.71. The van der Waals surface area contributed by atoms with Crippen molar-refractivity contribution in [1.82, 2.24) is 9.80 Å². The molecule has 1 fully saturated rings. The Hall–Kier alpha value is -3.64. The minimum Gasteiger partial charge on any atom is -0.345 e. The summed E-state index contributed by atoms with van der Waals surface area (Å²) in [7, 11) is 3.39. The van der Waals surface area contributed by atoms with Crippen molar-refractivity contribution in [3.8, 4) is 11.1 Å². The molecule has 2 aliphatic heterocycles. The summed E-state index contributed by atoms with van der Waals surface area (Å²) in [6.45, 7) is 11.0. The molecule has 42 heavy (non-hydrogen) atoms. The highest BCUT2D eigenvalue weighted by molar-refractivity contribution is 6.34. The van der Waals surface area contributed by atoms with Crippen LogP contribution < -0.4 is 4.90 Å². The van der Waals surface area contributed by atoms with E-state index in [1.807, 2.05) is 58.3 Å². The van der Waals surface area contributed by atoms with Gasteiger partial charge in [0.05, 0.1) is 27.7 Å². The first-order valence-electron chi connectivity index (χ1n) is 14.6. The fraction of sp³-hybridized carbons (Fsp3) is 0.400. The maximum Gasteiger partial charge on any atom is 0.254 e. The quantitative estimate of drug-likeness (QED) is 0.315. The van der Waals surface area contributed by atoms with E-state index < -0.39 is 5.41 Å². The number of benzene rings is 3. The Balaban J connectivity index is 1.56. The summed E-state index contributed by atoms with van der Waals surface area (Å²) in [5.74, 6) is 0.0499. The third-order valence-corrected chi connectivity index (χ3v) is 8.79. The molecule has 0 unspecified atom stereocenters. The minimum absolute atomic E-state index is 0.00979. The van der Waals surface area contributed by atoms with Gasteiger partial charge in [-0.2, -0.15) is 0 Å². The fourth-order valence-electron chi connectivity index (χ4n) is 6.80. The Bertz CT molecular complexity index is 1560. The Morgan fingerprint density at radius 2 is 1.69 bits per heavy atom. The van der Waals surface area contributed by atoms with Gasteiger partial charge in [-0.25, -0.2) is 0 Å². The SMILES string of the molecule is CC(C)[C@H]1N(C(=O)CC(C)(C)C)CC[C@]12C(=O)N(c1cccc(-c3ccc(C(=O)N(C)C)c(Cl)c3)c1)c1ccccc12. The van der Waals surface area contributed by atoms with Gasteiger partial charge in [-0.15, -0.1) is 0 Å². The number of nitrogens with zero attached hydrogens (tertiary/aromatic N) is 3. The van der Waals surface area contributed by atoms with Crippen LogP contribution in [0.1, 0.15) is 63.4 Å². The van der Waals surface area contributed by atoms with Crippen LogP contribution in [-0.2, 0) is 15.0 Å². The van der Waals surface area contributed by atoms with Gasteiger partial charge in [0, 0.05) is 32.7 Å². The molecule has 0 N–H and O–H groups in total. The molecule has 0 aliphatic carbocycles. The molecule has 2 atom stereocenters. The van der Waals surface area contributed by atoms with Crippen molar-refractivity contribution < 1.29 is 14.4 Å². The first-order chi connectivity index (χ1) is 19.8. The summed E-state index contributed by atoms with van der Waals surface area (Å²) in [5.41, 5.74) is 3.84. The summed E-state index contributed by atoms with van der Waals surface area (Å²) in [6.07, 6.45) is 1.03. The molecule has 2 heterocycles. The van der Waals surface area contributed by atoms with Gasteiger partial charge in [0.1, 0.15) is 0 Å². The van der Waals surface area contributed by atoms with Crippen LogP contribution in [0, 0.1) is 11.3 Å². The highest BCUT2D eigenvalue weighted by Crippen LogP contribution is 2.55. The maximum atomic E-state index is 14.8. The summed E-state index contributed by atoms with van der Waals surface area (Å²) in [4.78, 5) is 46.2. The predicted octanol–water partition coefficient (Wildman–Crippen LogP) is 7.32. The third kappa shape index (κ3) is 5.00. The second-order valence-electron chi connectivity index (χ2n) is 13.3. The number of anilines is 2. The van der Waals surface area contributed by atoms with Crippen LogP contribution in [0.5, 0.6) is 0 Å². The van der Waals surface area contributed by atoms with Crippen molar-refractivity contribution >= 4 is 40.7 Å². The van der Waals surface area contributed by atoms with Gasteiger partial charge in [0.15, 0.2) is 0 Å². The summed E-state index contributed by atoms with van der Waals surface area (Å²) in [5, 5.41) is 0.379. The van der Waals surface area contributed by atoms with Gasteiger partial charge in [-0.3, -0.25) is 19.3 Å². The molecule has 1 spiro atoms. The monoisotopic (exact) mass is 585 g/mol. The normalized spacial score (nSPS) is 20.0. The van der Waals surface area contributed by atoms with Crippen molar-refractivity contribution in [3.05, 3.63) is 82.9 Å². The first kappa shape index (κ1) is 29.8. The van der Waals surface area contributed by atoms with E-state index in [1.165, 1.54) is 4.90 Å². The smallest absolute Gasteiger partial charge is 0.254 e. The van der Waals surface area contributed by atoms with Crippen molar-refractivity contribution in [2.75, 3.05) is 25.5 Å². The Labute approximate surface area is 254 Å². The maximum absolute atomic E-state index is 14.8. The standard InChI is InChI=1S/C35H40ClN3O3/c1-22(2)31-35(17-18-38(31)30(40)21-34(3,4)5)27-13-8-9-14-29(27)39(33(35)42)25-12-10-11-23(19-25)24-15-16-26(28(36)20-24)32(41)37(6)7/h8-16,19-20,22,31H,17-18,21H2,1-7H3/t31-,35-/m1/s1. The second-order valence-corrected chi connectivity index (χ2v) is 13.7. The minimum atomic E-state index is -0.814. The van der Waals surface area contributed by atoms with E-state index in [9.17, 15) is 14.4 Å². The third-order valence-electron chi connectivity index (χ3n) is 8.47. The van der Waals surface area contributed by atoms with Crippen molar-refractivity contribution in [1.29, 1.82) is 0 Å². The lowest BCUT2D eigenvalue weighted by molar-refractivity contribution is -0.136. The van der Waals surface area contributed by atoms with Crippen LogP contribution in [0.3, 0.4) is 0 Å². The molecule has 0 bridgehead atoms. The topological polar surface area (TPSA) is 60.9 Å². The predicted molar refractivity (Wildman–Crippen MR) is 169 cm³/mol. The van der Waals surface area contributed by atoms with Crippen LogP contribution in [0.2, 0.25) is 5.02 Å². The Morgan fingerprint density at radius 1 is 1.00 bits per heavy atom. The number of hydrogen-bond acceptors (Lipinski definition) is 3. The average Bonchev–Trinajstić information content (AvgIpc) is 3.45. The van der Waals surface area contributed by atoms with E-state index in [-0.39, 0.29) is 35.1 Å². The van der Waals surface area contributed by atoms with Gasteiger partial charge in [0.25, 0.3) is 5.91 Å². The van der Waals surface area contributed by atoms with Crippen LogP contribution >= 0.6 is 11.6 Å². The number of hydrogen-bond donors (Lipinski definition) is 0. The van der Waals surface area contributed by atoms with E-state index in [2.05, 4.69) is 40.7 Å². The molecule has 220 valence electrons. The average molecular weight is 586 g/mol. The van der Waals surface area contributed by atoms with E-state index in [0.717, 1.165) is 28.1 Å². The first-order valence-corrected chi connectivity index (χ1v) is 15.0. The van der Waals surface area contributed by atoms with Crippen LogP contribution in [0.4, 0.5) is 11.4 Å². The number of halogens is 1. The van der Waals surface area contributed by atoms with Crippen LogP contribution in [-0.4, -0.2) is 54.2 Å². The number of amides is 3. The van der Waals surface area contributed by atoms with Crippen LogP contribution in [0.25, 0.3) is 11.1 Å². The molecule has 7 heteroatoms. The summed E-state index contributed by atoms with van der Waals surface area (Å²) >= 11 is 6.54. The second kappa shape index (κ2) is 10.9. The van der Waals surface area contributed by atoms with E-state index >= 15 is 0 Å². The zero-order valence-corrected chi connectivity index (χ0v) is 26.3. The van der Waals surface area contributed by atoms with Gasteiger partial charge in [0.2, 0.25) is 11.8 Å². The van der Waals surface area contributed by atoms with E-state index in [0.29, 0.717) is 30.0 Å². The highest BCUT2D eigenvalue weighted by atomic mass is 35.5. The van der Waals surface area contributed by atoms with Crippen molar-refractivity contribution in [2.45, 2.75) is 58.9 Å². The van der Waals surface area contributed by atoms with Crippen molar-refractivity contribution in [2.24, 2.45) is 11.3 Å². The number of para-hydroxylation sites is 1. The van der Waals surface area contributed by atoms with E-state index in [1.54, 1.807) is 26.2 Å². The van der Waals surface area contributed by atoms with Crippen LogP contribution in [0.15, 0.2) is 66.7 Å². The molecule has 6 nitrogen and oxygen atoms in total. The molecular weight excluding hydrogens is 546 g/mol. The number of rotatable bonds is 5. The molecule has 1 saturated heterocycles. The van der Waals surface area contributed by atoms with E-state index in [4.69, 9.17) is 11.6 Å². The molecule has 3 aromatic rings. The molecule has 0 aromatic heterocycles. The zero-order valence-electron chi connectivity index (χ0n) is 25.6. The lowest BCUT2D eigenvalue weighted by Crippen LogP contribution is -2.53. The Kier molecular flexibility index (Phi) is 7.73. The summed E-state index contributed by atoms with van der Waals surface area (Å²) in [6, 6.07) is 21.1. The Morgan fingerprint density at radius 3 is 2.33 bits per heavy atom. The molecule has 0 saturated carbocycles. The zero-order chi connectivity index (χ0) is 30.6. The molecular formula is C35H40ClN3O3.